The van der Waals surface area contributed by atoms with E-state index in [1.807, 2.05) is 13.8 Å². The van der Waals surface area contributed by atoms with Crippen LogP contribution in [0.2, 0.25) is 5.15 Å². The lowest BCUT2D eigenvalue weighted by Gasteiger charge is -2.27. The molecule has 0 saturated carbocycles. The van der Waals surface area contributed by atoms with Gasteiger partial charge >= 0.3 is 0 Å². The molecule has 1 atom stereocenters. The number of ether oxygens (including phenoxy) is 1. The lowest BCUT2D eigenvalue weighted by atomic mass is 9.93. The third kappa shape index (κ3) is 4.89. The van der Waals surface area contributed by atoms with Crippen molar-refractivity contribution in [2.24, 2.45) is 11.7 Å². The van der Waals surface area contributed by atoms with Crippen molar-refractivity contribution in [3.05, 3.63) is 41.1 Å². The Morgan fingerprint density at radius 1 is 1.38 bits per heavy atom. The van der Waals surface area contributed by atoms with E-state index in [0.717, 1.165) is 12.6 Å². The van der Waals surface area contributed by atoms with Crippen molar-refractivity contribution < 1.29 is 9.13 Å². The molecule has 0 spiro atoms. The maximum absolute atomic E-state index is 13.9. The highest BCUT2D eigenvalue weighted by Crippen LogP contribution is 2.27. The predicted molar refractivity (Wildman–Crippen MR) is 94.7 cm³/mol. The first-order chi connectivity index (χ1) is 11.2. The molecule has 2 N–H and O–H groups in total. The zero-order valence-corrected chi connectivity index (χ0v) is 15.2. The van der Waals surface area contributed by atoms with E-state index in [4.69, 9.17) is 22.1 Å². The molecule has 2 heterocycles. The molecule has 0 aliphatic carbocycles. The molecule has 0 aliphatic heterocycles. The summed E-state index contributed by atoms with van der Waals surface area (Å²) < 4.78 is 19.7. The van der Waals surface area contributed by atoms with Crippen molar-refractivity contribution in [2.45, 2.75) is 39.7 Å². The fraction of sp³-hybridized carbons (Fsp3) is 0.444. The molecule has 0 aliphatic rings. The summed E-state index contributed by atoms with van der Waals surface area (Å²) in [6, 6.07) is 4.93. The molecule has 2 aromatic heterocycles. The molecule has 0 fully saturated rings. The summed E-state index contributed by atoms with van der Waals surface area (Å²) in [5.74, 6) is 0.663. The minimum Gasteiger partial charge on any atom is -0.490 e. The standard InChI is InChI=1S/C18H23ClFN3O/c1-11(2)8-18(4,21)10-24-16-6-5-15(23-12(16)3)13-7-17(19)22-9-14(13)20/h5-7,9,11H,8,10,21H2,1-4H3. The van der Waals surface area contributed by atoms with Crippen molar-refractivity contribution in [2.75, 3.05) is 6.61 Å². The normalized spacial score (nSPS) is 13.8. The minimum atomic E-state index is -0.466. The first-order valence-corrected chi connectivity index (χ1v) is 8.26. The quantitative estimate of drug-likeness (QED) is 0.784. The summed E-state index contributed by atoms with van der Waals surface area (Å²) in [6.45, 7) is 8.43. The van der Waals surface area contributed by atoms with E-state index in [1.54, 1.807) is 12.1 Å². The Morgan fingerprint density at radius 3 is 2.71 bits per heavy atom. The van der Waals surface area contributed by atoms with Crippen LogP contribution in [0.4, 0.5) is 4.39 Å². The molecule has 1 unspecified atom stereocenters. The van der Waals surface area contributed by atoms with Crippen LogP contribution in [0, 0.1) is 18.7 Å². The van der Waals surface area contributed by atoms with E-state index in [1.165, 1.54) is 6.07 Å². The average molecular weight is 352 g/mol. The maximum atomic E-state index is 13.9. The maximum Gasteiger partial charge on any atom is 0.150 e. The van der Waals surface area contributed by atoms with Gasteiger partial charge in [0.1, 0.15) is 17.5 Å². The number of aromatic nitrogens is 2. The second-order valence-electron chi connectivity index (χ2n) is 6.81. The Labute approximate surface area is 147 Å². The number of rotatable bonds is 6. The zero-order valence-electron chi connectivity index (χ0n) is 14.4. The number of hydrogen-bond donors (Lipinski definition) is 1. The third-order valence-electron chi connectivity index (χ3n) is 3.57. The molecule has 2 rings (SSSR count). The number of pyridine rings is 2. The third-order valence-corrected chi connectivity index (χ3v) is 3.77. The molecule has 24 heavy (non-hydrogen) atoms. The van der Waals surface area contributed by atoms with Gasteiger partial charge < -0.3 is 10.5 Å². The highest BCUT2D eigenvalue weighted by atomic mass is 35.5. The van der Waals surface area contributed by atoms with Crippen molar-refractivity contribution in [3.8, 4) is 17.0 Å². The van der Waals surface area contributed by atoms with Gasteiger partial charge in [-0.2, -0.15) is 0 Å². The van der Waals surface area contributed by atoms with Gasteiger partial charge in [-0.1, -0.05) is 25.4 Å². The van der Waals surface area contributed by atoms with Crippen LogP contribution < -0.4 is 10.5 Å². The molecule has 6 heteroatoms. The van der Waals surface area contributed by atoms with E-state index in [2.05, 4.69) is 23.8 Å². The molecule has 0 bridgehead atoms. The van der Waals surface area contributed by atoms with Crippen molar-refractivity contribution in [1.29, 1.82) is 0 Å². The Morgan fingerprint density at radius 2 is 2.08 bits per heavy atom. The molecule has 2 aromatic rings. The van der Waals surface area contributed by atoms with Gasteiger partial charge in [0.05, 0.1) is 17.6 Å². The smallest absolute Gasteiger partial charge is 0.150 e. The highest BCUT2D eigenvalue weighted by Gasteiger charge is 2.21. The molecule has 0 aromatic carbocycles. The minimum absolute atomic E-state index is 0.221. The first-order valence-electron chi connectivity index (χ1n) is 7.89. The lowest BCUT2D eigenvalue weighted by Crippen LogP contribution is -2.43. The Kier molecular flexibility index (Phi) is 5.78. The van der Waals surface area contributed by atoms with Gasteiger partial charge in [-0.3, -0.25) is 0 Å². The number of aryl methyl sites for hydroxylation is 1. The van der Waals surface area contributed by atoms with Crippen LogP contribution in [0.5, 0.6) is 5.75 Å². The highest BCUT2D eigenvalue weighted by molar-refractivity contribution is 6.29. The summed E-state index contributed by atoms with van der Waals surface area (Å²) in [5, 5.41) is 0.221. The Balaban J connectivity index is 2.17. The molecule has 0 saturated heterocycles. The second kappa shape index (κ2) is 7.45. The summed E-state index contributed by atoms with van der Waals surface area (Å²) in [5.41, 5.74) is 7.31. The monoisotopic (exact) mass is 351 g/mol. The molecule has 4 nitrogen and oxygen atoms in total. The van der Waals surface area contributed by atoms with Gasteiger partial charge in [0.2, 0.25) is 0 Å². The number of halogens is 2. The van der Waals surface area contributed by atoms with E-state index in [0.29, 0.717) is 35.2 Å². The Bertz CT molecular complexity index is 719. The van der Waals surface area contributed by atoms with Crippen LogP contribution in [-0.4, -0.2) is 22.1 Å². The lowest BCUT2D eigenvalue weighted by molar-refractivity contribution is 0.205. The number of hydrogen-bond acceptors (Lipinski definition) is 4. The van der Waals surface area contributed by atoms with E-state index >= 15 is 0 Å². The molecule has 0 radical (unpaired) electrons. The molecule has 130 valence electrons. The van der Waals surface area contributed by atoms with Gasteiger partial charge in [0.25, 0.3) is 0 Å². The van der Waals surface area contributed by atoms with Gasteiger partial charge in [0.15, 0.2) is 5.82 Å². The molecule has 0 amide bonds. The fourth-order valence-corrected chi connectivity index (χ4v) is 2.85. The fourth-order valence-electron chi connectivity index (χ4n) is 2.69. The van der Waals surface area contributed by atoms with Gasteiger partial charge in [0, 0.05) is 11.1 Å². The average Bonchev–Trinajstić information content (AvgIpc) is 2.47. The number of nitrogens with two attached hydrogens (primary N) is 1. The van der Waals surface area contributed by atoms with Crippen LogP contribution in [-0.2, 0) is 0 Å². The molecular formula is C18H23ClFN3O. The van der Waals surface area contributed by atoms with Gasteiger partial charge in [-0.25, -0.2) is 14.4 Å². The number of nitrogens with zero attached hydrogens (tertiary/aromatic N) is 2. The summed E-state index contributed by atoms with van der Waals surface area (Å²) >= 11 is 5.84. The van der Waals surface area contributed by atoms with Crippen LogP contribution in [0.25, 0.3) is 11.3 Å². The molecular weight excluding hydrogens is 329 g/mol. The summed E-state index contributed by atoms with van der Waals surface area (Å²) in [7, 11) is 0. The van der Waals surface area contributed by atoms with Crippen LogP contribution in [0.15, 0.2) is 24.4 Å². The SMILES string of the molecule is Cc1nc(-c2cc(Cl)ncc2F)ccc1OCC(C)(N)CC(C)C. The van der Waals surface area contributed by atoms with Crippen LogP contribution >= 0.6 is 11.6 Å². The van der Waals surface area contributed by atoms with Crippen LogP contribution in [0.3, 0.4) is 0 Å². The topological polar surface area (TPSA) is 61.0 Å². The predicted octanol–water partition coefficient (Wildman–Crippen LogP) is 4.39. The van der Waals surface area contributed by atoms with Crippen molar-refractivity contribution in [3.63, 3.8) is 0 Å². The second-order valence-corrected chi connectivity index (χ2v) is 7.19. The van der Waals surface area contributed by atoms with E-state index in [9.17, 15) is 4.39 Å². The van der Waals surface area contributed by atoms with Crippen LogP contribution in [0.1, 0.15) is 32.9 Å². The Hall–Kier alpha value is -1.72. The van der Waals surface area contributed by atoms with Gasteiger partial charge in [-0.05, 0) is 44.4 Å². The van der Waals surface area contributed by atoms with Gasteiger partial charge in [-0.15, -0.1) is 0 Å². The van der Waals surface area contributed by atoms with E-state index < -0.39 is 11.4 Å². The first kappa shape index (κ1) is 18.6. The summed E-state index contributed by atoms with van der Waals surface area (Å²) in [6.07, 6.45) is 1.95. The van der Waals surface area contributed by atoms with Crippen molar-refractivity contribution >= 4 is 11.6 Å². The zero-order chi connectivity index (χ0) is 17.9. The van der Waals surface area contributed by atoms with E-state index in [-0.39, 0.29) is 5.15 Å². The summed E-state index contributed by atoms with van der Waals surface area (Å²) in [4.78, 5) is 8.12. The van der Waals surface area contributed by atoms with Crippen molar-refractivity contribution in [1.82, 2.24) is 9.97 Å². The largest absolute Gasteiger partial charge is 0.490 e.